The third-order valence-corrected chi connectivity index (χ3v) is 7.61. The maximum atomic E-state index is 12.5. The van der Waals surface area contributed by atoms with Crippen LogP contribution < -0.4 is 14.8 Å². The molecule has 0 spiro atoms. The fourth-order valence-electron chi connectivity index (χ4n) is 2.76. The van der Waals surface area contributed by atoms with Gasteiger partial charge in [0, 0.05) is 30.8 Å². The standard InChI is InChI=1S/C19H19N3O5S2/c1-11(2)22(3)29(24,25)13-6-4-12(5-7-13)18(23)21-19-20-14-8-15-16(27-10-26-15)9-17(14)28-19/h4-9,11H,10H2,1-3H3,(H,20,21,23). The van der Waals surface area contributed by atoms with Crippen LogP contribution in [0.25, 0.3) is 10.2 Å². The molecule has 0 saturated heterocycles. The molecular formula is C19H19N3O5S2. The number of nitrogens with zero attached hydrogens (tertiary/aromatic N) is 2. The first kappa shape index (κ1) is 19.6. The summed E-state index contributed by atoms with van der Waals surface area (Å²) in [6.07, 6.45) is 0. The first-order valence-electron chi connectivity index (χ1n) is 8.85. The van der Waals surface area contributed by atoms with Crippen molar-refractivity contribution in [1.82, 2.24) is 9.29 Å². The Balaban J connectivity index is 1.52. The molecule has 1 aromatic heterocycles. The molecule has 29 heavy (non-hydrogen) atoms. The molecule has 0 radical (unpaired) electrons. The number of sulfonamides is 1. The first-order valence-corrected chi connectivity index (χ1v) is 11.1. The molecular weight excluding hydrogens is 414 g/mol. The van der Waals surface area contributed by atoms with E-state index in [1.165, 1.54) is 47.0 Å². The summed E-state index contributed by atoms with van der Waals surface area (Å²) in [5.41, 5.74) is 1.04. The molecule has 0 unspecified atom stereocenters. The Bertz CT molecular complexity index is 1150. The van der Waals surface area contributed by atoms with Crippen molar-refractivity contribution >= 4 is 42.6 Å². The number of hydrogen-bond acceptors (Lipinski definition) is 7. The lowest BCUT2D eigenvalue weighted by molar-refractivity contribution is 0.102. The van der Waals surface area contributed by atoms with Crippen molar-refractivity contribution in [1.29, 1.82) is 0 Å². The Morgan fingerprint density at radius 1 is 1.17 bits per heavy atom. The van der Waals surface area contributed by atoms with E-state index in [1.807, 2.05) is 6.07 Å². The summed E-state index contributed by atoms with van der Waals surface area (Å²) in [5.74, 6) is 0.913. The molecule has 2 aromatic carbocycles. The molecule has 1 aliphatic heterocycles. The van der Waals surface area contributed by atoms with Gasteiger partial charge in [0.1, 0.15) is 0 Å². The second-order valence-electron chi connectivity index (χ2n) is 6.79. The SMILES string of the molecule is CC(C)N(C)S(=O)(=O)c1ccc(C(=O)Nc2nc3cc4c(cc3s2)OCO4)cc1. The largest absolute Gasteiger partial charge is 0.454 e. The average Bonchev–Trinajstić information content (AvgIpc) is 3.30. The van der Waals surface area contributed by atoms with E-state index in [1.54, 1.807) is 19.9 Å². The number of benzene rings is 2. The van der Waals surface area contributed by atoms with Gasteiger partial charge < -0.3 is 9.47 Å². The number of hydrogen-bond donors (Lipinski definition) is 1. The summed E-state index contributed by atoms with van der Waals surface area (Å²) in [7, 11) is -2.07. The molecule has 1 aliphatic rings. The van der Waals surface area contributed by atoms with Crippen LogP contribution in [0.5, 0.6) is 11.5 Å². The summed E-state index contributed by atoms with van der Waals surface area (Å²) in [5, 5.41) is 3.18. The van der Waals surface area contributed by atoms with Gasteiger partial charge in [0.25, 0.3) is 5.91 Å². The van der Waals surface area contributed by atoms with E-state index in [0.29, 0.717) is 27.7 Å². The van der Waals surface area contributed by atoms with Crippen LogP contribution >= 0.6 is 11.3 Å². The zero-order valence-electron chi connectivity index (χ0n) is 16.0. The maximum absolute atomic E-state index is 12.5. The lowest BCUT2D eigenvalue weighted by atomic mass is 10.2. The summed E-state index contributed by atoms with van der Waals surface area (Å²) in [6, 6.07) is 9.27. The second kappa shape index (κ2) is 7.29. The zero-order valence-corrected chi connectivity index (χ0v) is 17.6. The lowest BCUT2D eigenvalue weighted by Gasteiger charge is -2.20. The first-order chi connectivity index (χ1) is 13.8. The highest BCUT2D eigenvalue weighted by Gasteiger charge is 2.23. The van der Waals surface area contributed by atoms with Gasteiger partial charge in [-0.3, -0.25) is 10.1 Å². The predicted octanol–water partition coefficient (Wildman–Crippen LogP) is 3.31. The molecule has 8 nitrogen and oxygen atoms in total. The van der Waals surface area contributed by atoms with Crippen molar-refractivity contribution < 1.29 is 22.7 Å². The van der Waals surface area contributed by atoms with Crippen LogP contribution in [0.2, 0.25) is 0 Å². The third-order valence-electron chi connectivity index (χ3n) is 4.62. The van der Waals surface area contributed by atoms with E-state index in [9.17, 15) is 13.2 Å². The molecule has 1 N–H and O–H groups in total. The molecule has 3 aromatic rings. The van der Waals surface area contributed by atoms with Gasteiger partial charge in [-0.1, -0.05) is 11.3 Å². The van der Waals surface area contributed by atoms with Crippen molar-refractivity contribution in [2.75, 3.05) is 19.2 Å². The fourth-order valence-corrected chi connectivity index (χ4v) is 5.00. The number of anilines is 1. The minimum atomic E-state index is -3.59. The number of fused-ring (bicyclic) bond motifs is 2. The summed E-state index contributed by atoms with van der Waals surface area (Å²) >= 11 is 1.32. The highest BCUT2D eigenvalue weighted by Crippen LogP contribution is 2.39. The number of thiazole rings is 1. The summed E-state index contributed by atoms with van der Waals surface area (Å²) in [6.45, 7) is 3.78. The Kier molecular flexibility index (Phi) is 4.93. The van der Waals surface area contributed by atoms with E-state index in [2.05, 4.69) is 10.3 Å². The number of ether oxygens (including phenoxy) is 2. The number of rotatable bonds is 5. The van der Waals surface area contributed by atoms with Crippen LogP contribution in [-0.2, 0) is 10.0 Å². The minimum absolute atomic E-state index is 0.139. The molecule has 0 atom stereocenters. The molecule has 0 saturated carbocycles. The number of amides is 1. The van der Waals surface area contributed by atoms with E-state index in [0.717, 1.165) is 4.70 Å². The minimum Gasteiger partial charge on any atom is -0.454 e. The van der Waals surface area contributed by atoms with Crippen molar-refractivity contribution in [3.8, 4) is 11.5 Å². The number of carbonyl (C=O) groups excluding carboxylic acids is 1. The molecule has 152 valence electrons. The second-order valence-corrected chi connectivity index (χ2v) is 9.81. The van der Waals surface area contributed by atoms with Crippen molar-refractivity contribution in [2.45, 2.75) is 24.8 Å². The van der Waals surface area contributed by atoms with Gasteiger partial charge in [-0.05, 0) is 38.1 Å². The molecule has 4 rings (SSSR count). The Morgan fingerprint density at radius 3 is 2.48 bits per heavy atom. The Hall–Kier alpha value is -2.69. The van der Waals surface area contributed by atoms with Crippen LogP contribution in [0.1, 0.15) is 24.2 Å². The van der Waals surface area contributed by atoms with Gasteiger partial charge in [-0.15, -0.1) is 0 Å². The zero-order chi connectivity index (χ0) is 20.8. The maximum Gasteiger partial charge on any atom is 0.257 e. The van der Waals surface area contributed by atoms with Crippen molar-refractivity contribution in [3.05, 3.63) is 42.0 Å². The molecule has 0 aliphatic carbocycles. The van der Waals surface area contributed by atoms with Gasteiger partial charge in [0.15, 0.2) is 16.6 Å². The average molecular weight is 434 g/mol. The van der Waals surface area contributed by atoms with E-state index in [-0.39, 0.29) is 23.6 Å². The normalized spacial score (nSPS) is 13.4. The van der Waals surface area contributed by atoms with E-state index in [4.69, 9.17) is 9.47 Å². The number of carbonyl (C=O) groups is 1. The monoisotopic (exact) mass is 433 g/mol. The van der Waals surface area contributed by atoms with Gasteiger partial charge >= 0.3 is 0 Å². The smallest absolute Gasteiger partial charge is 0.257 e. The molecule has 1 amide bonds. The Morgan fingerprint density at radius 2 is 1.83 bits per heavy atom. The van der Waals surface area contributed by atoms with Gasteiger partial charge in [0.05, 0.1) is 15.1 Å². The topological polar surface area (TPSA) is 97.8 Å². The summed E-state index contributed by atoms with van der Waals surface area (Å²) < 4.78 is 37.9. The van der Waals surface area contributed by atoms with Crippen molar-refractivity contribution in [2.24, 2.45) is 0 Å². The quantitative estimate of drug-likeness (QED) is 0.663. The van der Waals surface area contributed by atoms with Crippen LogP contribution in [0, 0.1) is 0 Å². The lowest BCUT2D eigenvalue weighted by Crippen LogP contribution is -2.33. The van der Waals surface area contributed by atoms with Gasteiger partial charge in [0.2, 0.25) is 16.8 Å². The number of nitrogens with one attached hydrogen (secondary N) is 1. The molecule has 0 fully saturated rings. The Labute approximate surface area is 172 Å². The van der Waals surface area contributed by atoms with Crippen LogP contribution in [0.15, 0.2) is 41.3 Å². The van der Waals surface area contributed by atoms with Crippen molar-refractivity contribution in [3.63, 3.8) is 0 Å². The molecule has 0 bridgehead atoms. The molecule has 2 heterocycles. The van der Waals surface area contributed by atoms with E-state index < -0.39 is 10.0 Å². The third kappa shape index (κ3) is 3.66. The number of aromatic nitrogens is 1. The highest BCUT2D eigenvalue weighted by atomic mass is 32.2. The fraction of sp³-hybridized carbons (Fsp3) is 0.263. The molecule has 10 heteroatoms. The van der Waals surface area contributed by atoms with Crippen LogP contribution in [-0.4, -0.2) is 43.5 Å². The van der Waals surface area contributed by atoms with Crippen LogP contribution in [0.3, 0.4) is 0 Å². The van der Waals surface area contributed by atoms with Gasteiger partial charge in [-0.2, -0.15) is 4.31 Å². The summed E-state index contributed by atoms with van der Waals surface area (Å²) in [4.78, 5) is 17.1. The predicted molar refractivity (Wildman–Crippen MR) is 110 cm³/mol. The van der Waals surface area contributed by atoms with E-state index >= 15 is 0 Å². The van der Waals surface area contributed by atoms with Crippen LogP contribution in [0.4, 0.5) is 5.13 Å². The highest BCUT2D eigenvalue weighted by molar-refractivity contribution is 7.89. The van der Waals surface area contributed by atoms with Gasteiger partial charge in [-0.25, -0.2) is 13.4 Å².